The molecule has 0 radical (unpaired) electrons. The van der Waals surface area contributed by atoms with Gasteiger partial charge in [0.25, 0.3) is 11.8 Å². The molecule has 1 heterocycles. The first-order valence-corrected chi connectivity index (χ1v) is 11.5. The van der Waals surface area contributed by atoms with Crippen molar-refractivity contribution in [2.24, 2.45) is 5.92 Å². The van der Waals surface area contributed by atoms with Gasteiger partial charge < -0.3 is 20.3 Å². The molecule has 0 bridgehead atoms. The number of benzene rings is 2. The van der Waals surface area contributed by atoms with E-state index in [1.165, 1.54) is 0 Å². The minimum absolute atomic E-state index is 0.0154. The Morgan fingerprint density at radius 3 is 2.52 bits per heavy atom. The van der Waals surface area contributed by atoms with E-state index in [0.717, 1.165) is 5.56 Å². The molecule has 0 aromatic heterocycles. The second-order valence-corrected chi connectivity index (χ2v) is 8.62. The average Bonchev–Trinajstić information content (AvgIpc) is 2.82. The van der Waals surface area contributed by atoms with Crippen LogP contribution in [0.5, 0.6) is 0 Å². The Bertz CT molecular complexity index is 989. The van der Waals surface area contributed by atoms with Crippen LogP contribution in [0.4, 0.5) is 0 Å². The smallest absolute Gasteiger partial charge is 0.253 e. The van der Waals surface area contributed by atoms with Gasteiger partial charge in [0.2, 0.25) is 5.91 Å². The number of aryl methyl sites for hydroxylation is 1. The van der Waals surface area contributed by atoms with Gasteiger partial charge in [-0.3, -0.25) is 14.4 Å². The monoisotopic (exact) mass is 471 g/mol. The predicted octanol–water partition coefficient (Wildman–Crippen LogP) is 3.06. The lowest BCUT2D eigenvalue weighted by atomic mass is 9.88. The molecule has 176 valence electrons. The van der Waals surface area contributed by atoms with Crippen molar-refractivity contribution in [3.05, 3.63) is 70.2 Å². The summed E-state index contributed by atoms with van der Waals surface area (Å²) in [6.45, 7) is 3.71. The number of hydrogen-bond acceptors (Lipinski definition) is 4. The Morgan fingerprint density at radius 2 is 1.85 bits per heavy atom. The van der Waals surface area contributed by atoms with Crippen LogP contribution in [-0.2, 0) is 9.53 Å². The molecule has 3 rings (SSSR count). The van der Waals surface area contributed by atoms with Gasteiger partial charge in [-0.25, -0.2) is 0 Å². The number of likely N-dealkylation sites (tertiary alicyclic amines) is 1. The summed E-state index contributed by atoms with van der Waals surface area (Å²) in [5, 5.41) is 6.03. The van der Waals surface area contributed by atoms with Crippen molar-refractivity contribution >= 4 is 29.3 Å². The van der Waals surface area contributed by atoms with Gasteiger partial charge in [-0.1, -0.05) is 41.4 Å². The molecule has 7 nitrogen and oxygen atoms in total. The first kappa shape index (κ1) is 24.7. The van der Waals surface area contributed by atoms with Gasteiger partial charge >= 0.3 is 0 Å². The molecule has 2 aromatic rings. The Morgan fingerprint density at radius 1 is 1.12 bits per heavy atom. The second-order valence-electron chi connectivity index (χ2n) is 8.21. The maximum atomic E-state index is 12.9. The number of amides is 3. The predicted molar refractivity (Wildman–Crippen MR) is 127 cm³/mol. The maximum absolute atomic E-state index is 12.9. The molecule has 2 aromatic carbocycles. The number of carbonyl (C=O) groups excluding carboxylic acids is 3. The standard InChI is InChI=1S/C25H30ClN3O4/c1-17-6-5-7-19(16-17)25(32)29-13-10-18(11-14-29)22(24(31)27-12-15-33-2)28-23(30)20-8-3-4-9-21(20)26/h3-9,16,18,22H,10-15H2,1-2H3,(H,27,31)(H,28,30). The highest BCUT2D eigenvalue weighted by atomic mass is 35.5. The summed E-state index contributed by atoms with van der Waals surface area (Å²) < 4.78 is 5.01. The highest BCUT2D eigenvalue weighted by Crippen LogP contribution is 2.24. The summed E-state index contributed by atoms with van der Waals surface area (Å²) in [5.74, 6) is -0.791. The molecule has 1 atom stereocenters. The normalized spacial score (nSPS) is 15.1. The van der Waals surface area contributed by atoms with Crippen LogP contribution >= 0.6 is 11.6 Å². The van der Waals surface area contributed by atoms with Crippen LogP contribution in [0.3, 0.4) is 0 Å². The van der Waals surface area contributed by atoms with Gasteiger partial charge in [0.05, 0.1) is 17.2 Å². The lowest BCUT2D eigenvalue weighted by Gasteiger charge is -2.36. The Balaban J connectivity index is 1.69. The van der Waals surface area contributed by atoms with E-state index >= 15 is 0 Å². The van der Waals surface area contributed by atoms with Crippen molar-refractivity contribution in [2.45, 2.75) is 25.8 Å². The minimum Gasteiger partial charge on any atom is -0.383 e. The molecule has 1 fully saturated rings. The first-order valence-electron chi connectivity index (χ1n) is 11.1. The molecule has 1 unspecified atom stereocenters. The molecule has 3 amide bonds. The SMILES string of the molecule is COCCNC(=O)C(NC(=O)c1ccccc1Cl)C1CCN(C(=O)c2cccc(C)c2)CC1. The lowest BCUT2D eigenvalue weighted by Crippen LogP contribution is -2.54. The first-order chi connectivity index (χ1) is 15.9. The van der Waals surface area contributed by atoms with E-state index in [0.29, 0.717) is 55.2 Å². The summed E-state index contributed by atoms with van der Waals surface area (Å²) >= 11 is 6.17. The molecule has 8 heteroatoms. The average molecular weight is 472 g/mol. The number of nitrogens with one attached hydrogen (secondary N) is 2. The molecule has 33 heavy (non-hydrogen) atoms. The van der Waals surface area contributed by atoms with E-state index in [1.807, 2.05) is 31.2 Å². The van der Waals surface area contributed by atoms with Crippen molar-refractivity contribution in [1.82, 2.24) is 15.5 Å². The fraction of sp³-hybridized carbons (Fsp3) is 0.400. The fourth-order valence-corrected chi connectivity index (χ4v) is 4.27. The summed E-state index contributed by atoms with van der Waals surface area (Å²) in [6, 6.07) is 13.5. The summed E-state index contributed by atoms with van der Waals surface area (Å²) in [6.07, 6.45) is 1.20. The molecular weight excluding hydrogens is 442 g/mol. The Hall–Kier alpha value is -2.90. The highest BCUT2D eigenvalue weighted by Gasteiger charge is 2.34. The Kier molecular flexibility index (Phi) is 8.86. The van der Waals surface area contributed by atoms with Gasteiger partial charge in [-0.2, -0.15) is 0 Å². The van der Waals surface area contributed by atoms with Crippen molar-refractivity contribution in [2.75, 3.05) is 33.4 Å². The molecule has 1 aliphatic heterocycles. The summed E-state index contributed by atoms with van der Waals surface area (Å²) in [4.78, 5) is 40.5. The van der Waals surface area contributed by atoms with Crippen LogP contribution in [0.25, 0.3) is 0 Å². The zero-order valence-corrected chi connectivity index (χ0v) is 19.7. The van der Waals surface area contributed by atoms with Crippen LogP contribution in [0.1, 0.15) is 39.1 Å². The van der Waals surface area contributed by atoms with Crippen LogP contribution in [0.15, 0.2) is 48.5 Å². The third-order valence-corrected chi connectivity index (χ3v) is 6.19. The van der Waals surface area contributed by atoms with E-state index in [2.05, 4.69) is 10.6 Å². The van der Waals surface area contributed by atoms with Crippen LogP contribution < -0.4 is 10.6 Å². The minimum atomic E-state index is -0.734. The number of methoxy groups -OCH3 is 1. The van der Waals surface area contributed by atoms with Gasteiger partial charge in [0.1, 0.15) is 6.04 Å². The quantitative estimate of drug-likeness (QED) is 0.579. The van der Waals surface area contributed by atoms with Gasteiger partial charge in [0.15, 0.2) is 0 Å². The molecule has 0 saturated carbocycles. The number of halogens is 1. The molecule has 1 saturated heterocycles. The van der Waals surface area contributed by atoms with E-state index in [4.69, 9.17) is 16.3 Å². The molecule has 1 aliphatic rings. The van der Waals surface area contributed by atoms with Crippen molar-refractivity contribution in [1.29, 1.82) is 0 Å². The highest BCUT2D eigenvalue weighted by molar-refractivity contribution is 6.33. The number of rotatable bonds is 8. The Labute approximate surface area is 199 Å². The van der Waals surface area contributed by atoms with E-state index < -0.39 is 11.9 Å². The summed E-state index contributed by atoms with van der Waals surface area (Å²) in [5.41, 5.74) is 2.01. The number of hydrogen-bond donors (Lipinski definition) is 2. The van der Waals surface area contributed by atoms with Crippen LogP contribution in [-0.4, -0.2) is 62.0 Å². The fourth-order valence-electron chi connectivity index (χ4n) is 4.04. The van der Waals surface area contributed by atoms with E-state index in [1.54, 1.807) is 36.3 Å². The van der Waals surface area contributed by atoms with E-state index in [9.17, 15) is 14.4 Å². The molecule has 0 spiro atoms. The van der Waals surface area contributed by atoms with Gasteiger partial charge in [0, 0.05) is 32.3 Å². The zero-order chi connectivity index (χ0) is 23.8. The lowest BCUT2D eigenvalue weighted by molar-refractivity contribution is -0.124. The van der Waals surface area contributed by atoms with Crippen LogP contribution in [0, 0.1) is 12.8 Å². The summed E-state index contributed by atoms with van der Waals surface area (Å²) in [7, 11) is 1.56. The molecular formula is C25H30ClN3O4. The molecule has 2 N–H and O–H groups in total. The second kappa shape index (κ2) is 11.8. The van der Waals surface area contributed by atoms with Crippen LogP contribution in [0.2, 0.25) is 5.02 Å². The largest absolute Gasteiger partial charge is 0.383 e. The third-order valence-electron chi connectivity index (χ3n) is 5.86. The maximum Gasteiger partial charge on any atom is 0.253 e. The third kappa shape index (κ3) is 6.55. The topological polar surface area (TPSA) is 87.7 Å². The van der Waals surface area contributed by atoms with Gasteiger partial charge in [-0.05, 0) is 49.9 Å². The van der Waals surface area contributed by atoms with Crippen molar-refractivity contribution in [3.63, 3.8) is 0 Å². The number of carbonyl (C=O) groups is 3. The molecule has 0 aliphatic carbocycles. The zero-order valence-electron chi connectivity index (χ0n) is 19.0. The number of nitrogens with zero attached hydrogens (tertiary/aromatic N) is 1. The van der Waals surface area contributed by atoms with Crippen molar-refractivity contribution < 1.29 is 19.1 Å². The van der Waals surface area contributed by atoms with E-state index in [-0.39, 0.29) is 17.7 Å². The van der Waals surface area contributed by atoms with Gasteiger partial charge in [-0.15, -0.1) is 0 Å². The van der Waals surface area contributed by atoms with Crippen molar-refractivity contribution in [3.8, 4) is 0 Å². The number of piperidine rings is 1. The number of ether oxygens (including phenoxy) is 1.